The third-order valence-electron chi connectivity index (χ3n) is 5.49. The van der Waals surface area contributed by atoms with Crippen LogP contribution in [-0.4, -0.2) is 69.2 Å². The molecule has 1 saturated heterocycles. The maximum atomic E-state index is 13.0. The molecule has 2 aromatic rings. The second-order valence-electron chi connectivity index (χ2n) is 7.53. The van der Waals surface area contributed by atoms with Crippen molar-refractivity contribution in [2.24, 2.45) is 0 Å². The van der Waals surface area contributed by atoms with Gasteiger partial charge in [0.15, 0.2) is 11.5 Å². The van der Waals surface area contributed by atoms with Crippen molar-refractivity contribution in [1.82, 2.24) is 9.80 Å². The fourth-order valence-electron chi connectivity index (χ4n) is 3.79. The molecule has 31 heavy (non-hydrogen) atoms. The largest absolute Gasteiger partial charge is 0.493 e. The number of benzene rings is 2. The molecule has 0 atom stereocenters. The fraction of sp³-hybridized carbons (Fsp3) is 0.417. The average molecular weight is 423 g/mol. The van der Waals surface area contributed by atoms with Crippen LogP contribution in [0.4, 0.5) is 5.69 Å². The molecule has 7 heteroatoms. The Morgan fingerprint density at radius 1 is 1.00 bits per heavy atom. The summed E-state index contributed by atoms with van der Waals surface area (Å²) in [5, 5.41) is 8.96. The minimum atomic E-state index is 0.0368. The van der Waals surface area contributed by atoms with Crippen molar-refractivity contribution in [3.63, 3.8) is 0 Å². The summed E-state index contributed by atoms with van der Waals surface area (Å²) in [7, 11) is 3.28. The summed E-state index contributed by atoms with van der Waals surface area (Å²) >= 11 is 0. The van der Waals surface area contributed by atoms with Crippen molar-refractivity contribution in [2.45, 2.75) is 13.0 Å². The fourth-order valence-corrected chi connectivity index (χ4v) is 3.79. The highest BCUT2D eigenvalue weighted by Crippen LogP contribution is 2.28. The van der Waals surface area contributed by atoms with Crippen LogP contribution in [0.5, 0.6) is 11.5 Å². The Morgan fingerprint density at radius 2 is 1.68 bits per heavy atom. The van der Waals surface area contributed by atoms with Gasteiger partial charge in [-0.15, -0.1) is 0 Å². The van der Waals surface area contributed by atoms with E-state index < -0.39 is 0 Å². The van der Waals surface area contributed by atoms with E-state index in [2.05, 4.69) is 21.9 Å². The zero-order valence-corrected chi connectivity index (χ0v) is 18.3. The molecule has 7 nitrogen and oxygen atoms in total. The molecule has 1 aliphatic rings. The number of nitrogens with zero attached hydrogens (tertiary/aromatic N) is 4. The first kappa shape index (κ1) is 22.6. The summed E-state index contributed by atoms with van der Waals surface area (Å²) in [6.07, 6.45) is 0.319. The molecule has 0 N–H and O–H groups in total. The van der Waals surface area contributed by atoms with Gasteiger partial charge in [-0.05, 0) is 29.8 Å². The minimum absolute atomic E-state index is 0.0368. The van der Waals surface area contributed by atoms with Gasteiger partial charge in [0.1, 0.15) is 0 Å². The Bertz CT molecular complexity index is 889. The number of piperazine rings is 1. The number of ether oxygens (including phenoxy) is 2. The summed E-state index contributed by atoms with van der Waals surface area (Å²) < 4.78 is 10.7. The van der Waals surface area contributed by atoms with Crippen molar-refractivity contribution in [3.05, 3.63) is 54.1 Å². The third-order valence-corrected chi connectivity index (χ3v) is 5.49. The predicted octanol–water partition coefficient (Wildman–Crippen LogP) is 2.77. The number of hydrogen-bond donors (Lipinski definition) is 0. The quantitative estimate of drug-likeness (QED) is 0.619. The molecule has 0 bridgehead atoms. The number of carbonyl (C=O) groups is 1. The molecule has 0 aromatic heterocycles. The van der Waals surface area contributed by atoms with E-state index in [4.69, 9.17) is 14.7 Å². The Kier molecular flexibility index (Phi) is 8.27. The highest BCUT2D eigenvalue weighted by Gasteiger charge is 2.23. The van der Waals surface area contributed by atoms with Gasteiger partial charge in [-0.2, -0.15) is 5.26 Å². The molecule has 1 heterocycles. The van der Waals surface area contributed by atoms with E-state index in [1.165, 1.54) is 5.56 Å². The highest BCUT2D eigenvalue weighted by molar-refractivity contribution is 5.94. The molecular formula is C24H30N4O3. The van der Waals surface area contributed by atoms with Gasteiger partial charge in [-0.1, -0.05) is 24.3 Å². The van der Waals surface area contributed by atoms with Crippen molar-refractivity contribution >= 4 is 11.6 Å². The number of anilines is 1. The van der Waals surface area contributed by atoms with Gasteiger partial charge in [0.05, 0.1) is 33.3 Å². The van der Waals surface area contributed by atoms with Crippen molar-refractivity contribution < 1.29 is 14.3 Å². The second kappa shape index (κ2) is 11.3. The molecule has 0 aliphatic carbocycles. The van der Waals surface area contributed by atoms with Crippen LogP contribution in [0.3, 0.4) is 0 Å². The van der Waals surface area contributed by atoms with E-state index in [0.29, 0.717) is 19.5 Å². The van der Waals surface area contributed by atoms with E-state index in [9.17, 15) is 4.79 Å². The molecule has 0 unspecified atom stereocenters. The van der Waals surface area contributed by atoms with Gasteiger partial charge in [0, 0.05) is 45.0 Å². The third kappa shape index (κ3) is 6.20. The molecule has 1 aliphatic heterocycles. The number of rotatable bonds is 9. The molecule has 0 saturated carbocycles. The second-order valence-corrected chi connectivity index (χ2v) is 7.53. The molecule has 1 amide bonds. The molecule has 2 aromatic carbocycles. The lowest BCUT2D eigenvalue weighted by atomic mass is 10.1. The standard InChI is InChI=1S/C24H30N4O3/c1-30-22-10-9-20(17-23(22)31-2)18-26-13-15-27(16-14-26)19-24(29)28(12-6-11-25)21-7-4-3-5-8-21/h3-5,7-10,17H,6,12-16,18-19H2,1-2H3. The number of nitriles is 1. The average Bonchev–Trinajstić information content (AvgIpc) is 2.81. The smallest absolute Gasteiger partial charge is 0.241 e. The van der Waals surface area contributed by atoms with Crippen LogP contribution in [0.2, 0.25) is 0 Å². The SMILES string of the molecule is COc1ccc(CN2CCN(CC(=O)N(CCC#N)c3ccccc3)CC2)cc1OC. The zero-order valence-electron chi connectivity index (χ0n) is 18.3. The monoisotopic (exact) mass is 422 g/mol. The van der Waals surface area contributed by atoms with Crippen molar-refractivity contribution in [1.29, 1.82) is 5.26 Å². The summed E-state index contributed by atoms with van der Waals surface area (Å²) in [4.78, 5) is 19.3. The number of amides is 1. The van der Waals surface area contributed by atoms with Gasteiger partial charge < -0.3 is 14.4 Å². The first-order valence-corrected chi connectivity index (χ1v) is 10.5. The summed E-state index contributed by atoms with van der Waals surface area (Å²) in [6.45, 7) is 5.07. The van der Waals surface area contributed by atoms with E-state index in [0.717, 1.165) is 49.9 Å². The molecule has 0 radical (unpaired) electrons. The molecule has 1 fully saturated rings. The lowest BCUT2D eigenvalue weighted by molar-refractivity contribution is -0.120. The number of carbonyl (C=O) groups excluding carboxylic acids is 1. The first-order valence-electron chi connectivity index (χ1n) is 10.5. The maximum absolute atomic E-state index is 13.0. The Hall–Kier alpha value is -3.08. The van der Waals surface area contributed by atoms with Crippen LogP contribution >= 0.6 is 0 Å². The van der Waals surface area contributed by atoms with E-state index >= 15 is 0 Å². The van der Waals surface area contributed by atoms with Gasteiger partial charge in [0.25, 0.3) is 0 Å². The summed E-state index contributed by atoms with van der Waals surface area (Å²) in [6, 6.07) is 17.7. The normalized spacial score (nSPS) is 14.6. The van der Waals surface area contributed by atoms with Crippen LogP contribution in [-0.2, 0) is 11.3 Å². The van der Waals surface area contributed by atoms with Crippen LogP contribution in [0.1, 0.15) is 12.0 Å². The number of para-hydroxylation sites is 1. The number of methoxy groups -OCH3 is 2. The first-order chi connectivity index (χ1) is 15.1. The van der Waals surface area contributed by atoms with Gasteiger partial charge in [-0.25, -0.2) is 0 Å². The van der Waals surface area contributed by atoms with Crippen LogP contribution in [0.25, 0.3) is 0 Å². The predicted molar refractivity (Wildman–Crippen MR) is 120 cm³/mol. The molecular weight excluding hydrogens is 392 g/mol. The topological polar surface area (TPSA) is 69.0 Å². The van der Waals surface area contributed by atoms with Gasteiger partial charge in [0.2, 0.25) is 5.91 Å². The Labute approximate surface area is 184 Å². The Balaban J connectivity index is 1.53. The van der Waals surface area contributed by atoms with E-state index in [1.807, 2.05) is 42.5 Å². The maximum Gasteiger partial charge on any atom is 0.241 e. The lowest BCUT2D eigenvalue weighted by Crippen LogP contribution is -2.50. The van der Waals surface area contributed by atoms with Crippen LogP contribution in [0.15, 0.2) is 48.5 Å². The zero-order chi connectivity index (χ0) is 22.1. The van der Waals surface area contributed by atoms with Crippen molar-refractivity contribution in [2.75, 3.05) is 58.4 Å². The lowest BCUT2D eigenvalue weighted by Gasteiger charge is -2.35. The highest BCUT2D eigenvalue weighted by atomic mass is 16.5. The molecule has 164 valence electrons. The van der Waals surface area contributed by atoms with Crippen LogP contribution in [0, 0.1) is 11.3 Å². The summed E-state index contributed by atoms with van der Waals surface area (Å²) in [5.74, 6) is 1.51. The minimum Gasteiger partial charge on any atom is -0.493 e. The summed E-state index contributed by atoms with van der Waals surface area (Å²) in [5.41, 5.74) is 2.02. The van der Waals surface area contributed by atoms with Gasteiger partial charge in [-0.3, -0.25) is 14.6 Å². The van der Waals surface area contributed by atoms with E-state index in [1.54, 1.807) is 19.1 Å². The van der Waals surface area contributed by atoms with Gasteiger partial charge >= 0.3 is 0 Å². The molecule has 0 spiro atoms. The number of hydrogen-bond acceptors (Lipinski definition) is 6. The van der Waals surface area contributed by atoms with E-state index in [-0.39, 0.29) is 5.91 Å². The van der Waals surface area contributed by atoms with Crippen LogP contribution < -0.4 is 14.4 Å². The Morgan fingerprint density at radius 3 is 2.32 bits per heavy atom. The molecule has 3 rings (SSSR count). The van der Waals surface area contributed by atoms with Crippen molar-refractivity contribution in [3.8, 4) is 17.6 Å².